The zero-order valence-corrected chi connectivity index (χ0v) is 16.7. The van der Waals surface area contributed by atoms with Crippen molar-refractivity contribution in [2.45, 2.75) is 97.8 Å². The fourth-order valence-electron chi connectivity index (χ4n) is 2.52. The number of rotatable bonds is 15. The van der Waals surface area contributed by atoms with Crippen LogP contribution in [0, 0.1) is 5.41 Å². The third-order valence-electron chi connectivity index (χ3n) is 4.10. The molecule has 0 bridgehead atoms. The summed E-state index contributed by atoms with van der Waals surface area (Å²) in [6.07, 6.45) is 14.1. The second-order valence-electron chi connectivity index (χ2n) is 7.20. The number of carbonyl (C=O) groups excluding carboxylic acids is 1. The number of hydrogen-bond donors (Lipinski definition) is 0. The van der Waals surface area contributed by atoms with Crippen molar-refractivity contribution in [3.05, 3.63) is 0 Å². The molecule has 0 atom stereocenters. The monoisotopic (exact) mass is 376 g/mol. The molecule has 0 spiro atoms. The molecule has 0 aromatic carbocycles. The molecule has 0 aliphatic rings. The van der Waals surface area contributed by atoms with E-state index in [1.165, 1.54) is 51.4 Å². The standard InChI is InChI=1S/C19H37BrO2/c1-4-5-6-7-8-9-11-14-18(21)22-17-19(2,3)15-12-10-13-16-20/h4-17H2,1-3H3. The molecule has 0 radical (unpaired) electrons. The van der Waals surface area contributed by atoms with E-state index in [9.17, 15) is 4.79 Å². The van der Waals surface area contributed by atoms with Gasteiger partial charge >= 0.3 is 5.97 Å². The maximum absolute atomic E-state index is 11.8. The van der Waals surface area contributed by atoms with Crippen LogP contribution in [0.2, 0.25) is 0 Å². The SMILES string of the molecule is CCCCCCCCCC(=O)OCC(C)(C)CCCCCBr. The molecular weight excluding hydrogens is 340 g/mol. The molecule has 0 unspecified atom stereocenters. The normalized spacial score (nSPS) is 11.6. The highest BCUT2D eigenvalue weighted by Crippen LogP contribution is 2.24. The number of unbranched alkanes of at least 4 members (excludes halogenated alkanes) is 8. The van der Waals surface area contributed by atoms with Crippen molar-refractivity contribution in [1.29, 1.82) is 0 Å². The number of hydrogen-bond acceptors (Lipinski definition) is 2. The molecular formula is C19H37BrO2. The molecule has 0 saturated heterocycles. The fourth-order valence-corrected chi connectivity index (χ4v) is 2.92. The molecule has 0 rings (SSSR count). The first-order valence-corrected chi connectivity index (χ1v) is 10.4. The van der Waals surface area contributed by atoms with Crippen LogP contribution < -0.4 is 0 Å². The molecule has 132 valence electrons. The summed E-state index contributed by atoms with van der Waals surface area (Å²) in [6.45, 7) is 7.19. The largest absolute Gasteiger partial charge is 0.465 e. The van der Waals surface area contributed by atoms with Gasteiger partial charge in [0, 0.05) is 11.8 Å². The zero-order valence-electron chi connectivity index (χ0n) is 15.1. The summed E-state index contributed by atoms with van der Waals surface area (Å²) in [4.78, 5) is 11.8. The van der Waals surface area contributed by atoms with E-state index in [0.29, 0.717) is 13.0 Å². The lowest BCUT2D eigenvalue weighted by molar-refractivity contribution is -0.147. The van der Waals surface area contributed by atoms with Crippen molar-refractivity contribution in [2.24, 2.45) is 5.41 Å². The highest BCUT2D eigenvalue weighted by Gasteiger charge is 2.19. The summed E-state index contributed by atoms with van der Waals surface area (Å²) in [7, 11) is 0. The summed E-state index contributed by atoms with van der Waals surface area (Å²) in [6, 6.07) is 0. The molecule has 22 heavy (non-hydrogen) atoms. The van der Waals surface area contributed by atoms with Crippen LogP contribution in [0.1, 0.15) is 97.8 Å². The Kier molecular flexibility index (Phi) is 14.5. The van der Waals surface area contributed by atoms with Crippen LogP contribution in [0.5, 0.6) is 0 Å². The molecule has 0 fully saturated rings. The van der Waals surface area contributed by atoms with E-state index in [1.807, 2.05) is 0 Å². The molecule has 2 nitrogen and oxygen atoms in total. The van der Waals surface area contributed by atoms with Crippen LogP contribution in [-0.4, -0.2) is 17.9 Å². The van der Waals surface area contributed by atoms with Crippen molar-refractivity contribution in [3.8, 4) is 0 Å². The second-order valence-corrected chi connectivity index (χ2v) is 7.99. The van der Waals surface area contributed by atoms with E-state index >= 15 is 0 Å². The van der Waals surface area contributed by atoms with Crippen LogP contribution >= 0.6 is 15.9 Å². The van der Waals surface area contributed by atoms with Crippen molar-refractivity contribution in [3.63, 3.8) is 0 Å². The van der Waals surface area contributed by atoms with E-state index in [0.717, 1.165) is 24.6 Å². The topological polar surface area (TPSA) is 26.3 Å². The lowest BCUT2D eigenvalue weighted by Crippen LogP contribution is -2.21. The van der Waals surface area contributed by atoms with Crippen LogP contribution in [0.4, 0.5) is 0 Å². The van der Waals surface area contributed by atoms with E-state index in [1.54, 1.807) is 0 Å². The van der Waals surface area contributed by atoms with Gasteiger partial charge in [0.05, 0.1) is 6.61 Å². The Balaban J connectivity index is 3.53. The van der Waals surface area contributed by atoms with Crippen molar-refractivity contribution < 1.29 is 9.53 Å². The van der Waals surface area contributed by atoms with Crippen LogP contribution in [0.3, 0.4) is 0 Å². The molecule has 0 amide bonds. The Hall–Kier alpha value is -0.0500. The smallest absolute Gasteiger partial charge is 0.305 e. The average Bonchev–Trinajstić information content (AvgIpc) is 2.49. The van der Waals surface area contributed by atoms with Gasteiger partial charge in [-0.25, -0.2) is 0 Å². The molecule has 0 aromatic heterocycles. The Morgan fingerprint density at radius 3 is 2.14 bits per heavy atom. The third kappa shape index (κ3) is 14.9. The Labute approximate surface area is 146 Å². The third-order valence-corrected chi connectivity index (χ3v) is 4.66. The predicted octanol–water partition coefficient (Wildman–Crippen LogP) is 6.65. The molecule has 0 saturated carbocycles. The van der Waals surface area contributed by atoms with E-state index in [-0.39, 0.29) is 11.4 Å². The first kappa shape index (κ1) is 21.9. The predicted molar refractivity (Wildman–Crippen MR) is 99.6 cm³/mol. The summed E-state index contributed by atoms with van der Waals surface area (Å²) in [5.41, 5.74) is 0.113. The highest BCUT2D eigenvalue weighted by molar-refractivity contribution is 9.09. The molecule has 0 aromatic rings. The van der Waals surface area contributed by atoms with E-state index in [4.69, 9.17) is 4.74 Å². The Bertz CT molecular complexity index is 264. The van der Waals surface area contributed by atoms with Gasteiger partial charge in [-0.15, -0.1) is 0 Å². The molecule has 3 heteroatoms. The van der Waals surface area contributed by atoms with Crippen molar-refractivity contribution >= 4 is 21.9 Å². The number of alkyl halides is 1. The minimum atomic E-state index is -0.0120. The van der Waals surface area contributed by atoms with Crippen molar-refractivity contribution in [1.82, 2.24) is 0 Å². The zero-order chi connectivity index (χ0) is 16.7. The summed E-state index contributed by atoms with van der Waals surface area (Å²) in [5.74, 6) is -0.0120. The lowest BCUT2D eigenvalue weighted by Gasteiger charge is -2.24. The highest BCUT2D eigenvalue weighted by atomic mass is 79.9. The van der Waals surface area contributed by atoms with E-state index in [2.05, 4.69) is 36.7 Å². The fraction of sp³-hybridized carbons (Fsp3) is 0.947. The van der Waals surface area contributed by atoms with Gasteiger partial charge in [0.25, 0.3) is 0 Å². The van der Waals surface area contributed by atoms with Gasteiger partial charge < -0.3 is 4.74 Å². The lowest BCUT2D eigenvalue weighted by atomic mass is 9.88. The molecule has 0 N–H and O–H groups in total. The quantitative estimate of drug-likeness (QED) is 0.181. The number of halogens is 1. The van der Waals surface area contributed by atoms with Crippen molar-refractivity contribution in [2.75, 3.05) is 11.9 Å². The molecule has 0 aliphatic heterocycles. The number of esters is 1. The maximum atomic E-state index is 11.8. The summed E-state index contributed by atoms with van der Waals surface area (Å²) < 4.78 is 5.46. The minimum absolute atomic E-state index is 0.0120. The first-order chi connectivity index (χ1) is 10.5. The second kappa shape index (κ2) is 14.5. The van der Waals surface area contributed by atoms with Gasteiger partial charge in [-0.1, -0.05) is 88.1 Å². The summed E-state index contributed by atoms with van der Waals surface area (Å²) >= 11 is 3.46. The van der Waals surface area contributed by atoms with Crippen LogP contribution in [-0.2, 0) is 9.53 Å². The Morgan fingerprint density at radius 1 is 0.909 bits per heavy atom. The number of ether oxygens (including phenoxy) is 1. The maximum Gasteiger partial charge on any atom is 0.305 e. The Morgan fingerprint density at radius 2 is 1.50 bits per heavy atom. The van der Waals surface area contributed by atoms with Gasteiger partial charge in [0.2, 0.25) is 0 Å². The van der Waals surface area contributed by atoms with Crippen LogP contribution in [0.25, 0.3) is 0 Å². The van der Waals surface area contributed by atoms with Gasteiger partial charge in [0.15, 0.2) is 0 Å². The van der Waals surface area contributed by atoms with Gasteiger partial charge in [-0.2, -0.15) is 0 Å². The van der Waals surface area contributed by atoms with Gasteiger partial charge in [0.1, 0.15) is 0 Å². The van der Waals surface area contributed by atoms with Gasteiger partial charge in [-0.3, -0.25) is 4.79 Å². The molecule has 0 heterocycles. The number of carbonyl (C=O) groups is 1. The van der Waals surface area contributed by atoms with Crippen LogP contribution in [0.15, 0.2) is 0 Å². The summed E-state index contributed by atoms with van der Waals surface area (Å²) in [5, 5.41) is 1.08. The molecule has 0 aliphatic carbocycles. The van der Waals surface area contributed by atoms with Gasteiger partial charge in [-0.05, 0) is 24.7 Å². The first-order valence-electron chi connectivity index (χ1n) is 9.23. The minimum Gasteiger partial charge on any atom is -0.465 e. The average molecular weight is 377 g/mol. The van der Waals surface area contributed by atoms with E-state index < -0.39 is 0 Å².